The number of para-hydroxylation sites is 1. The SMILES string of the molecule is N=C(N)NCCCC#Cc1ccc2c(c1)C(=O)N(C(CC(=O)OC(=O)C(F)(F)F)c1ccccc1)C(c1ccccc1)C(=O)N2c1ccccc1. The number of benzene rings is 4. The predicted molar refractivity (Wildman–Crippen MR) is 182 cm³/mol. The van der Waals surface area contributed by atoms with Crippen LogP contribution in [0.5, 0.6) is 0 Å². The number of carbonyl (C=O) groups excluding carboxylic acids is 4. The van der Waals surface area contributed by atoms with E-state index in [0.717, 1.165) is 0 Å². The summed E-state index contributed by atoms with van der Waals surface area (Å²) in [5.74, 6) is 0.348. The number of nitrogens with one attached hydrogen (secondary N) is 2. The number of esters is 2. The molecule has 4 aromatic carbocycles. The minimum atomic E-state index is -5.44. The fraction of sp³-hybridized carbons (Fsp3) is 0.184. The smallest absolute Gasteiger partial charge is 0.386 e. The predicted octanol–water partition coefficient (Wildman–Crippen LogP) is 5.93. The van der Waals surface area contributed by atoms with E-state index in [1.54, 1.807) is 103 Å². The van der Waals surface area contributed by atoms with Gasteiger partial charge in [0.25, 0.3) is 11.8 Å². The van der Waals surface area contributed by atoms with Gasteiger partial charge in [0.2, 0.25) is 0 Å². The van der Waals surface area contributed by atoms with Crippen LogP contribution in [-0.2, 0) is 19.1 Å². The van der Waals surface area contributed by atoms with Crippen LogP contribution >= 0.6 is 0 Å². The highest BCUT2D eigenvalue weighted by molar-refractivity contribution is 6.14. The summed E-state index contributed by atoms with van der Waals surface area (Å²) in [5.41, 5.74) is 7.12. The number of hydrogen-bond acceptors (Lipinski definition) is 6. The van der Waals surface area contributed by atoms with Gasteiger partial charge in [-0.25, -0.2) is 4.79 Å². The molecule has 1 heterocycles. The second-order valence-corrected chi connectivity index (χ2v) is 11.4. The van der Waals surface area contributed by atoms with E-state index in [-0.39, 0.29) is 17.2 Å². The third kappa shape index (κ3) is 8.60. The minimum absolute atomic E-state index is 0.0383. The van der Waals surface area contributed by atoms with Crippen molar-refractivity contribution < 1.29 is 37.1 Å². The molecule has 2 atom stereocenters. The van der Waals surface area contributed by atoms with Crippen LogP contribution in [0.4, 0.5) is 24.5 Å². The van der Waals surface area contributed by atoms with E-state index in [4.69, 9.17) is 11.1 Å². The Kier molecular flexibility index (Phi) is 11.2. The van der Waals surface area contributed by atoms with Crippen molar-refractivity contribution >= 4 is 41.1 Å². The molecule has 4 N–H and O–H groups in total. The molecule has 0 aromatic heterocycles. The summed E-state index contributed by atoms with van der Waals surface area (Å²) in [6.45, 7) is 0.439. The second kappa shape index (κ2) is 15.9. The van der Waals surface area contributed by atoms with Gasteiger partial charge in [0, 0.05) is 24.2 Å². The molecule has 0 saturated heterocycles. The fourth-order valence-electron chi connectivity index (χ4n) is 5.68. The number of amides is 2. The molecule has 0 bridgehead atoms. The Bertz CT molecular complexity index is 1980. The lowest BCUT2D eigenvalue weighted by molar-refractivity contribution is -0.202. The topological polar surface area (TPSA) is 146 Å². The first kappa shape index (κ1) is 35.9. The molecule has 260 valence electrons. The number of hydrogen-bond donors (Lipinski definition) is 3. The van der Waals surface area contributed by atoms with E-state index in [1.165, 1.54) is 15.9 Å². The lowest BCUT2D eigenvalue weighted by atomic mass is 9.95. The van der Waals surface area contributed by atoms with Gasteiger partial charge in [-0.15, -0.1) is 0 Å². The summed E-state index contributed by atoms with van der Waals surface area (Å²) < 4.78 is 43.5. The molecule has 1 aliphatic rings. The number of guanidine groups is 1. The number of halogens is 3. The van der Waals surface area contributed by atoms with Crippen molar-refractivity contribution in [1.82, 2.24) is 10.2 Å². The first-order valence-corrected chi connectivity index (χ1v) is 15.8. The van der Waals surface area contributed by atoms with Crippen molar-refractivity contribution in [2.45, 2.75) is 37.5 Å². The lowest BCUT2D eigenvalue weighted by Crippen LogP contribution is -2.44. The number of nitrogens with two attached hydrogens (primary N) is 1. The second-order valence-electron chi connectivity index (χ2n) is 11.4. The van der Waals surface area contributed by atoms with Gasteiger partial charge < -0.3 is 20.7 Å². The van der Waals surface area contributed by atoms with Gasteiger partial charge >= 0.3 is 18.1 Å². The van der Waals surface area contributed by atoms with E-state index in [2.05, 4.69) is 21.9 Å². The van der Waals surface area contributed by atoms with Crippen LogP contribution in [0, 0.1) is 17.3 Å². The number of rotatable bonds is 9. The monoisotopic (exact) mass is 695 g/mol. The van der Waals surface area contributed by atoms with Crippen molar-refractivity contribution in [1.29, 1.82) is 5.41 Å². The first-order chi connectivity index (χ1) is 24.5. The summed E-state index contributed by atoms with van der Waals surface area (Å²) in [6, 6.07) is 27.0. The number of anilines is 2. The van der Waals surface area contributed by atoms with Crippen molar-refractivity contribution in [3.63, 3.8) is 0 Å². The van der Waals surface area contributed by atoms with Crippen molar-refractivity contribution in [3.8, 4) is 11.8 Å². The summed E-state index contributed by atoms with van der Waals surface area (Å²) in [6.07, 6.45) is -5.29. The Hall–Kier alpha value is -6.42. The quantitative estimate of drug-likeness (QED) is 0.0492. The highest BCUT2D eigenvalue weighted by Gasteiger charge is 2.47. The number of nitrogens with zero attached hydrogens (tertiary/aromatic N) is 2. The standard InChI is InChI=1S/C38H32F3N5O5/c39-38(40,41)36(50)51-32(47)24-31(26-14-6-1-7-15-26)46-33(27-16-8-2-9-17-27)35(49)45(28-18-10-3-11-19-28)30-21-20-25(23-29(30)34(46)48)13-5-4-12-22-44-37(42)43/h1-3,6-11,14-21,23,31,33H,4,12,22,24H2,(H4,42,43,44). The van der Waals surface area contributed by atoms with Crippen LogP contribution in [0.3, 0.4) is 0 Å². The summed E-state index contributed by atoms with van der Waals surface area (Å²) in [4.78, 5) is 57.2. The third-order valence-corrected chi connectivity index (χ3v) is 7.91. The maximum atomic E-state index is 15.0. The molecule has 2 amide bonds. The Balaban J connectivity index is 1.68. The van der Waals surface area contributed by atoms with Gasteiger partial charge in [-0.3, -0.25) is 24.7 Å². The van der Waals surface area contributed by atoms with Crippen LogP contribution in [0.25, 0.3) is 0 Å². The fourth-order valence-corrected chi connectivity index (χ4v) is 5.68. The Labute approximate surface area is 291 Å². The molecule has 10 nitrogen and oxygen atoms in total. The molecular weight excluding hydrogens is 663 g/mol. The van der Waals surface area contributed by atoms with Gasteiger partial charge in [-0.1, -0.05) is 90.7 Å². The molecule has 0 aliphatic carbocycles. The summed E-state index contributed by atoms with van der Waals surface area (Å²) in [7, 11) is 0. The number of unbranched alkanes of at least 4 members (excludes halogenated alkanes) is 1. The van der Waals surface area contributed by atoms with E-state index in [9.17, 15) is 27.6 Å². The van der Waals surface area contributed by atoms with E-state index < -0.39 is 48.4 Å². The lowest BCUT2D eigenvalue weighted by Gasteiger charge is -2.37. The van der Waals surface area contributed by atoms with Crippen LogP contribution < -0.4 is 16.0 Å². The van der Waals surface area contributed by atoms with E-state index in [1.807, 2.05) is 0 Å². The van der Waals surface area contributed by atoms with Gasteiger partial charge in [-0.2, -0.15) is 13.2 Å². The molecular formula is C38H32F3N5O5. The van der Waals surface area contributed by atoms with Crippen LogP contribution in [0.1, 0.15) is 58.4 Å². The molecule has 1 aliphatic heterocycles. The molecule has 13 heteroatoms. The van der Waals surface area contributed by atoms with Crippen LogP contribution in [-0.4, -0.2) is 47.3 Å². The molecule has 2 unspecified atom stereocenters. The zero-order valence-electron chi connectivity index (χ0n) is 27.0. The number of fused-ring (bicyclic) bond motifs is 1. The summed E-state index contributed by atoms with van der Waals surface area (Å²) in [5, 5.41) is 9.97. The number of ether oxygens (including phenoxy) is 1. The maximum Gasteiger partial charge on any atom is 0.491 e. The molecule has 0 saturated carbocycles. The molecule has 51 heavy (non-hydrogen) atoms. The molecule has 0 spiro atoms. The van der Waals surface area contributed by atoms with Crippen molar-refractivity contribution in [3.05, 3.63) is 131 Å². The molecule has 0 fully saturated rings. The van der Waals surface area contributed by atoms with Gasteiger partial charge in [-0.05, 0) is 47.9 Å². The van der Waals surface area contributed by atoms with Crippen molar-refractivity contribution in [2.24, 2.45) is 5.73 Å². The highest BCUT2D eigenvalue weighted by Crippen LogP contribution is 2.43. The summed E-state index contributed by atoms with van der Waals surface area (Å²) >= 11 is 0. The highest BCUT2D eigenvalue weighted by atomic mass is 19.4. The number of carbonyl (C=O) groups is 4. The van der Waals surface area contributed by atoms with Crippen molar-refractivity contribution in [2.75, 3.05) is 11.4 Å². The maximum absolute atomic E-state index is 15.0. The van der Waals surface area contributed by atoms with Crippen LogP contribution in [0.15, 0.2) is 109 Å². The molecule has 5 rings (SSSR count). The third-order valence-electron chi connectivity index (χ3n) is 7.91. The average Bonchev–Trinajstić information content (AvgIpc) is 3.20. The average molecular weight is 696 g/mol. The zero-order chi connectivity index (χ0) is 36.5. The van der Waals surface area contributed by atoms with E-state index >= 15 is 4.79 Å². The largest absolute Gasteiger partial charge is 0.491 e. The van der Waals surface area contributed by atoms with E-state index in [0.29, 0.717) is 41.8 Å². The first-order valence-electron chi connectivity index (χ1n) is 15.8. The Morgan fingerprint density at radius 1 is 0.922 bits per heavy atom. The molecule has 0 radical (unpaired) electrons. The number of alkyl halides is 3. The zero-order valence-corrected chi connectivity index (χ0v) is 27.0. The van der Waals surface area contributed by atoms with Gasteiger partial charge in [0.15, 0.2) is 5.96 Å². The molecule has 4 aromatic rings. The van der Waals surface area contributed by atoms with Crippen LogP contribution in [0.2, 0.25) is 0 Å². The Morgan fingerprint density at radius 2 is 1.55 bits per heavy atom. The normalized spacial score (nSPS) is 14.8. The van der Waals surface area contributed by atoms with Gasteiger partial charge in [0.05, 0.1) is 23.7 Å². The minimum Gasteiger partial charge on any atom is -0.386 e. The van der Waals surface area contributed by atoms with Gasteiger partial charge in [0.1, 0.15) is 6.04 Å². The Morgan fingerprint density at radius 3 is 2.18 bits per heavy atom.